The van der Waals surface area contributed by atoms with Gasteiger partial charge in [0.15, 0.2) is 0 Å². The molecule has 0 fully saturated rings. The van der Waals surface area contributed by atoms with E-state index in [-0.39, 0.29) is 9.75 Å². The van der Waals surface area contributed by atoms with Crippen molar-refractivity contribution in [3.63, 3.8) is 0 Å². The first-order chi connectivity index (χ1) is 22.3. The second kappa shape index (κ2) is 11.3. The summed E-state index contributed by atoms with van der Waals surface area (Å²) in [7, 11) is 0. The fourth-order valence-corrected chi connectivity index (χ4v) is 11.5. The zero-order valence-electron chi connectivity index (χ0n) is 23.9. The van der Waals surface area contributed by atoms with Crippen molar-refractivity contribution in [3.8, 4) is 51.2 Å². The molecule has 0 spiro atoms. The van der Waals surface area contributed by atoms with E-state index in [0.717, 1.165) is 55.1 Å². The molecule has 0 unspecified atom stereocenters. The minimum absolute atomic E-state index is 0.159. The summed E-state index contributed by atoms with van der Waals surface area (Å²) in [6.07, 6.45) is 0. The quantitative estimate of drug-likeness (QED) is 0.159. The van der Waals surface area contributed by atoms with Crippen LogP contribution in [0.15, 0.2) is 60.7 Å². The van der Waals surface area contributed by atoms with Crippen molar-refractivity contribution in [2.45, 2.75) is 31.6 Å². The molecule has 0 N–H and O–H groups in total. The SMILES string of the molecule is Cc1ccc(-c2sc(-c3ccc(C#N)s3)cc2C2=C(c3cc(-c4ccc(C#N)s4)sc3-c3ccc(C)s3)C(F)(F)C(F)(F)C2(F)F)s1. The summed E-state index contributed by atoms with van der Waals surface area (Å²) in [6.45, 7) is 3.59. The third-order valence-electron chi connectivity index (χ3n) is 7.52. The van der Waals surface area contributed by atoms with E-state index in [1.807, 2.05) is 12.1 Å². The molecule has 0 atom stereocenters. The van der Waals surface area contributed by atoms with E-state index < -0.39 is 40.0 Å². The van der Waals surface area contributed by atoms with Crippen LogP contribution in [0.3, 0.4) is 0 Å². The molecule has 0 saturated heterocycles. The molecular weight excluding hydrogens is 731 g/mol. The molecule has 14 heteroatoms. The van der Waals surface area contributed by atoms with E-state index >= 15 is 26.3 Å². The maximum Gasteiger partial charge on any atom is 0.380 e. The van der Waals surface area contributed by atoms with Gasteiger partial charge in [0.05, 0.1) is 9.75 Å². The first-order valence-electron chi connectivity index (χ1n) is 13.6. The Labute approximate surface area is 288 Å². The fraction of sp³-hybridized carbons (Fsp3) is 0.152. The van der Waals surface area contributed by atoms with Crippen LogP contribution in [-0.4, -0.2) is 17.8 Å². The molecule has 0 aromatic carbocycles. The number of nitriles is 2. The van der Waals surface area contributed by atoms with E-state index in [0.29, 0.717) is 39.0 Å². The Morgan fingerprint density at radius 2 is 0.872 bits per heavy atom. The molecule has 6 heterocycles. The summed E-state index contributed by atoms with van der Waals surface area (Å²) in [6, 6.07) is 19.7. The van der Waals surface area contributed by atoms with Gasteiger partial charge in [-0.25, -0.2) is 0 Å². The van der Waals surface area contributed by atoms with Crippen molar-refractivity contribution in [1.82, 2.24) is 0 Å². The average Bonchev–Trinajstić information content (AvgIpc) is 3.86. The molecule has 0 radical (unpaired) electrons. The number of halogens is 6. The smallest absolute Gasteiger partial charge is 0.194 e. The summed E-state index contributed by atoms with van der Waals surface area (Å²) in [5.41, 5.74) is -3.65. The molecule has 1 aliphatic rings. The highest BCUT2D eigenvalue weighted by molar-refractivity contribution is 7.27. The van der Waals surface area contributed by atoms with Crippen LogP contribution in [0, 0.1) is 36.5 Å². The van der Waals surface area contributed by atoms with Gasteiger partial charge in [-0.15, -0.1) is 68.0 Å². The highest BCUT2D eigenvalue weighted by atomic mass is 32.1. The van der Waals surface area contributed by atoms with Gasteiger partial charge in [-0.05, 0) is 74.5 Å². The monoisotopic (exact) mass is 746 g/mol. The lowest BCUT2D eigenvalue weighted by Gasteiger charge is -2.25. The molecule has 0 aliphatic heterocycles. The molecule has 2 nitrogen and oxygen atoms in total. The Kier molecular flexibility index (Phi) is 7.71. The Morgan fingerprint density at radius 3 is 1.19 bits per heavy atom. The zero-order chi connectivity index (χ0) is 33.5. The number of hydrogen-bond acceptors (Lipinski definition) is 8. The van der Waals surface area contributed by atoms with Gasteiger partial charge in [-0.3, -0.25) is 0 Å². The number of rotatable bonds is 6. The predicted molar refractivity (Wildman–Crippen MR) is 182 cm³/mol. The molecule has 6 aromatic heterocycles. The first kappa shape index (κ1) is 32.1. The van der Waals surface area contributed by atoms with Crippen molar-refractivity contribution in [3.05, 3.63) is 91.3 Å². The molecule has 6 aromatic rings. The molecule has 47 heavy (non-hydrogen) atoms. The molecule has 1 aliphatic carbocycles. The summed E-state index contributed by atoms with van der Waals surface area (Å²) in [4.78, 5) is 5.40. The van der Waals surface area contributed by atoms with E-state index in [1.165, 1.54) is 34.8 Å². The summed E-state index contributed by atoms with van der Waals surface area (Å²) in [5, 5.41) is 18.7. The lowest BCUT2D eigenvalue weighted by molar-refractivity contribution is -0.254. The van der Waals surface area contributed by atoms with Crippen molar-refractivity contribution < 1.29 is 26.3 Å². The van der Waals surface area contributed by atoms with Crippen LogP contribution in [0.5, 0.6) is 0 Å². The number of allylic oxidation sites excluding steroid dienone is 2. The van der Waals surface area contributed by atoms with Gasteiger partial charge in [0.1, 0.15) is 21.9 Å². The maximum atomic E-state index is 16.2. The first-order valence-corrected chi connectivity index (χ1v) is 18.5. The van der Waals surface area contributed by atoms with Crippen molar-refractivity contribution in [2.24, 2.45) is 0 Å². The predicted octanol–water partition coefficient (Wildman–Crippen LogP) is 12.9. The minimum atomic E-state index is -5.74. The highest BCUT2D eigenvalue weighted by Gasteiger charge is 2.80. The Hall–Kier alpha value is -3.50. The lowest BCUT2D eigenvalue weighted by Crippen LogP contribution is -2.48. The van der Waals surface area contributed by atoms with Crippen LogP contribution in [0.1, 0.15) is 30.6 Å². The van der Waals surface area contributed by atoms with Crippen molar-refractivity contribution >= 4 is 79.2 Å². The zero-order valence-corrected chi connectivity index (χ0v) is 28.8. The van der Waals surface area contributed by atoms with Crippen LogP contribution in [0.25, 0.3) is 50.2 Å². The summed E-state index contributed by atoms with van der Waals surface area (Å²) in [5.74, 6) is -16.2. The van der Waals surface area contributed by atoms with E-state index in [4.69, 9.17) is 0 Å². The third kappa shape index (κ3) is 4.96. The van der Waals surface area contributed by atoms with Crippen LogP contribution in [0.2, 0.25) is 0 Å². The van der Waals surface area contributed by atoms with Crippen LogP contribution in [0.4, 0.5) is 26.3 Å². The standard InChI is InChI=1S/C33H16F6N2S6/c1-15-3-7-23(42-15)29-19(11-25(46-29)21-9-5-17(13-40)44-21)27-28(32(36,37)33(38,39)31(27,34)35)20-12-26(22-10-6-18(14-41)45-22)47-30(20)24-8-4-16(2)43-24/h3-12H,1-2H3. The Morgan fingerprint density at radius 1 is 0.489 bits per heavy atom. The summed E-state index contributed by atoms with van der Waals surface area (Å²) >= 11 is 6.71. The molecule has 0 bridgehead atoms. The van der Waals surface area contributed by atoms with Gasteiger partial charge in [-0.1, -0.05) is 0 Å². The average molecular weight is 747 g/mol. The van der Waals surface area contributed by atoms with Gasteiger partial charge >= 0.3 is 17.8 Å². The fourth-order valence-electron chi connectivity index (χ4n) is 5.37. The van der Waals surface area contributed by atoms with Gasteiger partial charge in [0, 0.05) is 61.3 Å². The van der Waals surface area contributed by atoms with Gasteiger partial charge < -0.3 is 0 Å². The second-order valence-electron chi connectivity index (χ2n) is 10.6. The molecule has 0 amide bonds. The van der Waals surface area contributed by atoms with Gasteiger partial charge in [0.2, 0.25) is 0 Å². The topological polar surface area (TPSA) is 47.6 Å². The van der Waals surface area contributed by atoms with Crippen LogP contribution in [-0.2, 0) is 0 Å². The Balaban J connectivity index is 1.58. The number of thiophene rings is 6. The van der Waals surface area contributed by atoms with Gasteiger partial charge in [-0.2, -0.15) is 36.9 Å². The number of alkyl halides is 6. The van der Waals surface area contributed by atoms with Crippen molar-refractivity contribution in [1.29, 1.82) is 10.5 Å². The van der Waals surface area contributed by atoms with Crippen LogP contribution < -0.4 is 0 Å². The number of aryl methyl sites for hydroxylation is 2. The third-order valence-corrected chi connectivity index (χ3v) is 14.5. The van der Waals surface area contributed by atoms with Gasteiger partial charge in [0.25, 0.3) is 0 Å². The van der Waals surface area contributed by atoms with E-state index in [1.54, 1.807) is 62.4 Å². The molecular formula is C33H16F6N2S6. The van der Waals surface area contributed by atoms with E-state index in [9.17, 15) is 10.5 Å². The normalized spacial score (nSPS) is 16.5. The highest BCUT2D eigenvalue weighted by Crippen LogP contribution is 2.67. The van der Waals surface area contributed by atoms with Crippen LogP contribution >= 0.6 is 68.0 Å². The largest absolute Gasteiger partial charge is 0.380 e. The van der Waals surface area contributed by atoms with E-state index in [2.05, 4.69) is 0 Å². The Bertz CT molecular complexity index is 2150. The molecule has 7 rings (SSSR count). The maximum absolute atomic E-state index is 16.2. The van der Waals surface area contributed by atoms with Crippen molar-refractivity contribution in [2.75, 3.05) is 0 Å². The number of hydrogen-bond donors (Lipinski definition) is 0. The minimum Gasteiger partial charge on any atom is -0.194 e. The lowest BCUT2D eigenvalue weighted by atomic mass is 9.94. The summed E-state index contributed by atoms with van der Waals surface area (Å²) < 4.78 is 96.2. The number of nitrogens with zero attached hydrogens (tertiary/aromatic N) is 2. The molecule has 236 valence electrons. The molecule has 0 saturated carbocycles. The second-order valence-corrected chi connectivity index (χ2v) is 17.4.